The minimum atomic E-state index is -0.864. The van der Waals surface area contributed by atoms with Crippen LogP contribution in [-0.2, 0) is 20.7 Å². The average Bonchev–Trinajstić information content (AvgIpc) is 2.79. The van der Waals surface area contributed by atoms with Crippen LogP contribution in [0.3, 0.4) is 0 Å². The number of carbonyl (C=O) groups is 3. The van der Waals surface area contributed by atoms with Crippen LogP contribution in [0.25, 0.3) is 0 Å². The SMILES string of the molecule is C[C@@H]1CC[C@H](C)N(C(=O)OC(C)(C)C)[C@@H]1C(=O)N[C@@H](Cc1ccc(C2CCN(C)CC2)cc1)C(N)=O. The fraction of sp³-hybridized carbons (Fsp3) is 0.679. The summed E-state index contributed by atoms with van der Waals surface area (Å²) in [6.45, 7) is 11.5. The summed E-state index contributed by atoms with van der Waals surface area (Å²) in [5, 5.41) is 2.85. The second-order valence-corrected chi connectivity index (χ2v) is 11.7. The molecule has 0 unspecified atom stereocenters. The number of likely N-dealkylation sites (tertiary alicyclic amines) is 2. The van der Waals surface area contributed by atoms with Gasteiger partial charge in [0.1, 0.15) is 17.7 Å². The highest BCUT2D eigenvalue weighted by molar-refractivity contribution is 5.91. The number of nitrogens with two attached hydrogens (primary N) is 1. The molecule has 2 saturated heterocycles. The number of rotatable bonds is 6. The molecule has 2 aliphatic heterocycles. The first kappa shape index (κ1) is 28.0. The molecule has 200 valence electrons. The van der Waals surface area contributed by atoms with Gasteiger partial charge in [-0.2, -0.15) is 0 Å². The van der Waals surface area contributed by atoms with Crippen molar-refractivity contribution in [1.82, 2.24) is 15.1 Å². The summed E-state index contributed by atoms with van der Waals surface area (Å²) in [5.41, 5.74) is 7.27. The fourth-order valence-electron chi connectivity index (χ4n) is 5.33. The topological polar surface area (TPSA) is 105 Å². The van der Waals surface area contributed by atoms with Gasteiger partial charge in [0, 0.05) is 12.5 Å². The lowest BCUT2D eigenvalue weighted by Crippen LogP contribution is -2.61. The van der Waals surface area contributed by atoms with Crippen LogP contribution in [0.2, 0.25) is 0 Å². The molecule has 1 aromatic carbocycles. The normalized spacial score (nSPS) is 24.7. The number of carbonyl (C=O) groups excluding carboxylic acids is 3. The summed E-state index contributed by atoms with van der Waals surface area (Å²) in [6.07, 6.45) is 3.66. The maximum Gasteiger partial charge on any atom is 0.411 e. The van der Waals surface area contributed by atoms with E-state index in [4.69, 9.17) is 10.5 Å². The largest absolute Gasteiger partial charge is 0.444 e. The van der Waals surface area contributed by atoms with Crippen LogP contribution in [0.5, 0.6) is 0 Å². The molecule has 1 aromatic rings. The molecule has 4 atom stereocenters. The molecule has 3 N–H and O–H groups in total. The highest BCUT2D eigenvalue weighted by Gasteiger charge is 2.43. The molecule has 8 nitrogen and oxygen atoms in total. The number of nitrogens with one attached hydrogen (secondary N) is 1. The van der Waals surface area contributed by atoms with Gasteiger partial charge in [-0.15, -0.1) is 0 Å². The maximum absolute atomic E-state index is 13.5. The molecular weight excluding hydrogens is 456 g/mol. The van der Waals surface area contributed by atoms with Crippen LogP contribution in [0.1, 0.15) is 77.3 Å². The summed E-state index contributed by atoms with van der Waals surface area (Å²) < 4.78 is 5.60. The third-order valence-electron chi connectivity index (χ3n) is 7.50. The Kier molecular flexibility index (Phi) is 9.03. The van der Waals surface area contributed by atoms with Gasteiger partial charge in [0.15, 0.2) is 0 Å². The number of hydrogen-bond acceptors (Lipinski definition) is 5. The quantitative estimate of drug-likeness (QED) is 0.623. The molecule has 2 aliphatic rings. The predicted molar refractivity (Wildman–Crippen MR) is 140 cm³/mol. The summed E-state index contributed by atoms with van der Waals surface area (Å²) in [7, 11) is 2.15. The van der Waals surface area contributed by atoms with Crippen molar-refractivity contribution in [2.75, 3.05) is 20.1 Å². The smallest absolute Gasteiger partial charge is 0.411 e. The first-order valence-electron chi connectivity index (χ1n) is 13.2. The van der Waals surface area contributed by atoms with Gasteiger partial charge in [0.2, 0.25) is 11.8 Å². The van der Waals surface area contributed by atoms with Gasteiger partial charge < -0.3 is 20.7 Å². The lowest BCUT2D eigenvalue weighted by Gasteiger charge is -2.43. The Balaban J connectivity index is 1.70. The Hall–Kier alpha value is -2.61. The third kappa shape index (κ3) is 7.21. The summed E-state index contributed by atoms with van der Waals surface area (Å²) in [6, 6.07) is 6.56. The molecule has 8 heteroatoms. The Morgan fingerprint density at radius 1 is 1.06 bits per heavy atom. The second-order valence-electron chi connectivity index (χ2n) is 11.7. The van der Waals surface area contributed by atoms with E-state index in [1.165, 1.54) is 10.5 Å². The van der Waals surface area contributed by atoms with Gasteiger partial charge in [-0.1, -0.05) is 31.2 Å². The molecule has 0 saturated carbocycles. The number of benzene rings is 1. The van der Waals surface area contributed by atoms with Crippen LogP contribution < -0.4 is 11.1 Å². The van der Waals surface area contributed by atoms with E-state index in [0.717, 1.165) is 44.3 Å². The molecule has 2 fully saturated rings. The van der Waals surface area contributed by atoms with E-state index in [1.807, 2.05) is 26.0 Å². The van der Waals surface area contributed by atoms with E-state index in [1.54, 1.807) is 20.8 Å². The zero-order chi connectivity index (χ0) is 26.6. The van der Waals surface area contributed by atoms with Crippen molar-refractivity contribution >= 4 is 17.9 Å². The van der Waals surface area contributed by atoms with Crippen LogP contribution in [0.15, 0.2) is 24.3 Å². The van der Waals surface area contributed by atoms with E-state index in [-0.39, 0.29) is 17.9 Å². The molecule has 0 aromatic heterocycles. The van der Waals surface area contributed by atoms with Crippen molar-refractivity contribution in [3.05, 3.63) is 35.4 Å². The Labute approximate surface area is 215 Å². The summed E-state index contributed by atoms with van der Waals surface area (Å²) in [4.78, 5) is 42.7. The first-order chi connectivity index (χ1) is 16.9. The molecular formula is C28H44N4O4. The Morgan fingerprint density at radius 2 is 1.67 bits per heavy atom. The fourth-order valence-corrected chi connectivity index (χ4v) is 5.33. The van der Waals surface area contributed by atoms with Gasteiger partial charge in [0.05, 0.1) is 0 Å². The molecule has 36 heavy (non-hydrogen) atoms. The highest BCUT2D eigenvalue weighted by atomic mass is 16.6. The van der Waals surface area contributed by atoms with Crippen molar-refractivity contribution in [3.8, 4) is 0 Å². The van der Waals surface area contributed by atoms with Crippen LogP contribution in [0, 0.1) is 5.92 Å². The number of piperidine rings is 2. The maximum atomic E-state index is 13.5. The van der Waals surface area contributed by atoms with Gasteiger partial charge in [-0.3, -0.25) is 14.5 Å². The average molecular weight is 501 g/mol. The zero-order valence-electron chi connectivity index (χ0n) is 22.8. The Bertz CT molecular complexity index is 918. The number of amides is 3. The van der Waals surface area contributed by atoms with Gasteiger partial charge in [-0.25, -0.2) is 4.79 Å². The lowest BCUT2D eigenvalue weighted by molar-refractivity contribution is -0.134. The van der Waals surface area contributed by atoms with Crippen molar-refractivity contribution in [1.29, 1.82) is 0 Å². The second kappa shape index (κ2) is 11.6. The van der Waals surface area contributed by atoms with E-state index in [2.05, 4.69) is 29.4 Å². The number of ether oxygens (including phenoxy) is 1. The summed E-state index contributed by atoms with van der Waals surface area (Å²) in [5.74, 6) is -0.485. The number of hydrogen-bond donors (Lipinski definition) is 2. The van der Waals surface area contributed by atoms with Crippen LogP contribution in [0.4, 0.5) is 4.79 Å². The third-order valence-corrected chi connectivity index (χ3v) is 7.50. The monoisotopic (exact) mass is 500 g/mol. The van der Waals surface area contributed by atoms with E-state index in [0.29, 0.717) is 12.3 Å². The zero-order valence-corrected chi connectivity index (χ0v) is 22.8. The molecule has 2 heterocycles. The minimum Gasteiger partial charge on any atom is -0.444 e. The van der Waals surface area contributed by atoms with Crippen molar-refractivity contribution in [2.45, 2.75) is 96.4 Å². The molecule has 3 amide bonds. The molecule has 0 bridgehead atoms. The van der Waals surface area contributed by atoms with Gasteiger partial charge in [-0.05, 0) is 96.5 Å². The van der Waals surface area contributed by atoms with E-state index < -0.39 is 29.7 Å². The van der Waals surface area contributed by atoms with Gasteiger partial charge in [0.25, 0.3) is 0 Å². The minimum absolute atomic E-state index is 0.0731. The summed E-state index contributed by atoms with van der Waals surface area (Å²) >= 11 is 0. The van der Waals surface area contributed by atoms with Gasteiger partial charge >= 0.3 is 6.09 Å². The van der Waals surface area contributed by atoms with E-state index in [9.17, 15) is 14.4 Å². The molecule has 0 aliphatic carbocycles. The molecule has 0 radical (unpaired) electrons. The first-order valence-corrected chi connectivity index (χ1v) is 13.2. The highest BCUT2D eigenvalue weighted by Crippen LogP contribution is 2.30. The van der Waals surface area contributed by atoms with Crippen molar-refractivity contribution in [2.24, 2.45) is 11.7 Å². The Morgan fingerprint density at radius 3 is 2.22 bits per heavy atom. The number of primary amides is 1. The lowest BCUT2D eigenvalue weighted by atomic mass is 9.86. The molecule has 3 rings (SSSR count). The van der Waals surface area contributed by atoms with Crippen molar-refractivity contribution < 1.29 is 19.1 Å². The molecule has 0 spiro atoms. The number of nitrogens with zero attached hydrogens (tertiary/aromatic N) is 2. The van der Waals surface area contributed by atoms with Crippen molar-refractivity contribution in [3.63, 3.8) is 0 Å². The van der Waals surface area contributed by atoms with Crippen LogP contribution in [-0.4, -0.2) is 71.6 Å². The van der Waals surface area contributed by atoms with E-state index >= 15 is 0 Å². The van der Waals surface area contributed by atoms with Crippen LogP contribution >= 0.6 is 0 Å². The standard InChI is InChI=1S/C28H44N4O4/c1-18-7-8-19(2)32(27(35)36-28(3,4)5)24(18)26(34)30-23(25(29)33)17-20-9-11-21(12-10-20)22-13-15-31(6)16-14-22/h9-12,18-19,22-24H,7-8,13-17H2,1-6H3,(H2,29,33)(H,30,34)/t18-,19+,23+,24+/m1/s1. The predicted octanol–water partition coefficient (Wildman–Crippen LogP) is 3.43.